The Morgan fingerprint density at radius 3 is 2.92 bits per heavy atom. The van der Waals surface area contributed by atoms with Crippen molar-refractivity contribution in [1.29, 1.82) is 0 Å². The van der Waals surface area contributed by atoms with E-state index in [0.29, 0.717) is 31.1 Å². The van der Waals surface area contributed by atoms with Crippen molar-refractivity contribution >= 4 is 11.8 Å². The zero-order chi connectivity index (χ0) is 25.8. The summed E-state index contributed by atoms with van der Waals surface area (Å²) in [5.41, 5.74) is 1.72. The average molecular weight is 510 g/mol. The molecule has 2 atom stereocenters. The van der Waals surface area contributed by atoms with Crippen LogP contribution in [0.4, 0.5) is 4.39 Å². The van der Waals surface area contributed by atoms with Crippen molar-refractivity contribution in [3.63, 3.8) is 0 Å². The van der Waals surface area contributed by atoms with E-state index < -0.39 is 18.1 Å². The van der Waals surface area contributed by atoms with Crippen LogP contribution in [-0.4, -0.2) is 87.0 Å². The summed E-state index contributed by atoms with van der Waals surface area (Å²) < 4.78 is 26.8. The van der Waals surface area contributed by atoms with Crippen LogP contribution >= 0.6 is 0 Å². The maximum absolute atomic E-state index is 13.2. The highest BCUT2D eigenvalue weighted by Crippen LogP contribution is 2.20. The van der Waals surface area contributed by atoms with E-state index in [-0.39, 0.29) is 43.7 Å². The van der Waals surface area contributed by atoms with E-state index in [1.807, 2.05) is 11.9 Å². The van der Waals surface area contributed by atoms with Gasteiger partial charge in [-0.3, -0.25) is 14.5 Å². The number of halogens is 1. The van der Waals surface area contributed by atoms with Crippen molar-refractivity contribution < 1.29 is 23.5 Å². The van der Waals surface area contributed by atoms with Crippen LogP contribution in [0.1, 0.15) is 21.7 Å². The summed E-state index contributed by atoms with van der Waals surface area (Å²) in [6.45, 7) is 2.19. The monoisotopic (exact) mass is 509 g/mol. The molecule has 2 amide bonds. The SMILES string of the molecule is CN(CC(=O)N1C[C@@H]2NC(=O)c3ncccc3OCCn3cc(nn3)CO[C@H]2C1)Cc1ccc(F)cc1. The predicted octanol–water partition coefficient (Wildman–Crippen LogP) is 0.863. The van der Waals surface area contributed by atoms with Gasteiger partial charge in [0, 0.05) is 25.8 Å². The van der Waals surface area contributed by atoms with E-state index in [2.05, 4.69) is 20.6 Å². The van der Waals surface area contributed by atoms with Gasteiger partial charge in [0.05, 0.1) is 38.0 Å². The number of hydrogen-bond donors (Lipinski definition) is 1. The second kappa shape index (κ2) is 11.0. The molecule has 2 aliphatic heterocycles. The number of benzene rings is 1. The molecule has 37 heavy (non-hydrogen) atoms. The molecule has 0 aliphatic carbocycles. The lowest BCUT2D eigenvalue weighted by atomic mass is 10.2. The molecule has 2 bridgehead atoms. The minimum Gasteiger partial charge on any atom is -0.489 e. The molecular formula is C25H28FN7O4. The average Bonchev–Trinajstić information content (AvgIpc) is 3.51. The molecule has 1 fully saturated rings. The summed E-state index contributed by atoms with van der Waals surface area (Å²) in [5, 5.41) is 11.2. The van der Waals surface area contributed by atoms with Crippen molar-refractivity contribution in [3.05, 3.63) is 71.6 Å². The number of nitrogens with one attached hydrogen (secondary N) is 1. The molecule has 2 aliphatic rings. The normalized spacial score (nSPS) is 20.0. The molecule has 0 unspecified atom stereocenters. The Labute approximate surface area is 213 Å². The standard InChI is InChI=1S/C25H28FN7O4/c1-31(11-17-4-6-18(26)7-5-17)15-23(34)32-13-20-22(14-32)37-16-19-12-33(30-29-19)9-10-36-21-3-2-8-27-24(21)25(35)28-20/h2-8,12,20,22H,9-11,13-16H2,1H3,(H,28,35)/t20-,22-/m0/s1. The molecule has 11 nitrogen and oxygen atoms in total. The molecule has 194 valence electrons. The molecule has 3 aromatic rings. The number of fused-ring (bicyclic) bond motifs is 4. The molecule has 1 aromatic carbocycles. The van der Waals surface area contributed by atoms with Crippen molar-refractivity contribution in [2.45, 2.75) is 31.8 Å². The van der Waals surface area contributed by atoms with Gasteiger partial charge in [0.2, 0.25) is 5.91 Å². The van der Waals surface area contributed by atoms with E-state index in [0.717, 1.165) is 5.56 Å². The third-order valence-corrected chi connectivity index (χ3v) is 6.30. The number of nitrogens with zero attached hydrogens (tertiary/aromatic N) is 6. The van der Waals surface area contributed by atoms with E-state index in [1.165, 1.54) is 18.3 Å². The van der Waals surface area contributed by atoms with Crippen LogP contribution in [0, 0.1) is 5.82 Å². The molecule has 1 N–H and O–H groups in total. The highest BCUT2D eigenvalue weighted by Gasteiger charge is 2.38. The first kappa shape index (κ1) is 24.8. The van der Waals surface area contributed by atoms with Gasteiger partial charge in [0.15, 0.2) is 11.4 Å². The Morgan fingerprint density at radius 2 is 2.08 bits per heavy atom. The summed E-state index contributed by atoms with van der Waals surface area (Å²) >= 11 is 0. The number of carbonyl (C=O) groups is 2. The molecule has 0 saturated carbocycles. The van der Waals surface area contributed by atoms with E-state index in [9.17, 15) is 14.0 Å². The molecular weight excluding hydrogens is 481 g/mol. The van der Waals surface area contributed by atoms with Crippen LogP contribution in [-0.2, 0) is 29.2 Å². The number of ether oxygens (including phenoxy) is 2. The first-order chi connectivity index (χ1) is 17.9. The van der Waals surface area contributed by atoms with Crippen molar-refractivity contribution in [3.8, 4) is 5.75 Å². The van der Waals surface area contributed by atoms with Gasteiger partial charge in [-0.05, 0) is 36.9 Å². The largest absolute Gasteiger partial charge is 0.489 e. The predicted molar refractivity (Wildman–Crippen MR) is 129 cm³/mol. The lowest BCUT2D eigenvalue weighted by Crippen LogP contribution is -2.44. The summed E-state index contributed by atoms with van der Waals surface area (Å²) in [6.07, 6.45) is 2.87. The first-order valence-corrected chi connectivity index (χ1v) is 12.0. The number of hydrogen-bond acceptors (Lipinski definition) is 8. The van der Waals surface area contributed by atoms with Crippen molar-refractivity contribution in [2.75, 3.05) is 33.3 Å². The molecule has 1 saturated heterocycles. The van der Waals surface area contributed by atoms with Gasteiger partial charge in [-0.15, -0.1) is 5.10 Å². The van der Waals surface area contributed by atoms with Crippen molar-refractivity contribution in [2.24, 2.45) is 0 Å². The quantitative estimate of drug-likeness (QED) is 0.551. The second-order valence-electron chi connectivity index (χ2n) is 9.20. The van der Waals surface area contributed by atoms with Gasteiger partial charge < -0.3 is 19.7 Å². The Bertz CT molecular complexity index is 1250. The van der Waals surface area contributed by atoms with Crippen molar-refractivity contribution in [1.82, 2.24) is 35.1 Å². The number of aromatic nitrogens is 4. The van der Waals surface area contributed by atoms with Gasteiger partial charge in [-0.25, -0.2) is 14.1 Å². The minimum atomic E-state index is -0.452. The van der Waals surface area contributed by atoms with Gasteiger partial charge in [0.1, 0.15) is 18.1 Å². The fourth-order valence-corrected chi connectivity index (χ4v) is 4.44. The summed E-state index contributed by atoms with van der Waals surface area (Å²) in [4.78, 5) is 34.0. The van der Waals surface area contributed by atoms with Gasteiger partial charge in [-0.1, -0.05) is 17.3 Å². The highest BCUT2D eigenvalue weighted by molar-refractivity contribution is 5.95. The number of likely N-dealkylation sites (N-methyl/N-ethyl adjacent to an activating group) is 1. The fourth-order valence-electron chi connectivity index (χ4n) is 4.44. The topological polar surface area (TPSA) is 115 Å². The van der Waals surface area contributed by atoms with Gasteiger partial charge >= 0.3 is 0 Å². The Hall–Kier alpha value is -3.90. The minimum absolute atomic E-state index is 0.0966. The maximum Gasteiger partial charge on any atom is 0.274 e. The zero-order valence-electron chi connectivity index (χ0n) is 20.4. The molecule has 2 aromatic heterocycles. The highest BCUT2D eigenvalue weighted by atomic mass is 19.1. The molecule has 4 heterocycles. The van der Waals surface area contributed by atoms with E-state index in [4.69, 9.17) is 9.47 Å². The van der Waals surface area contributed by atoms with Crippen LogP contribution in [0.3, 0.4) is 0 Å². The molecule has 5 rings (SSSR count). The van der Waals surface area contributed by atoms with Crippen LogP contribution < -0.4 is 10.1 Å². The smallest absolute Gasteiger partial charge is 0.274 e. The van der Waals surface area contributed by atoms with Crippen LogP contribution in [0.15, 0.2) is 48.8 Å². The third kappa shape index (κ3) is 6.09. The van der Waals surface area contributed by atoms with Crippen LogP contribution in [0.2, 0.25) is 0 Å². The summed E-state index contributed by atoms with van der Waals surface area (Å²) in [7, 11) is 1.83. The zero-order valence-corrected chi connectivity index (χ0v) is 20.4. The fraction of sp³-hybridized carbons (Fsp3) is 0.400. The third-order valence-electron chi connectivity index (χ3n) is 6.30. The lowest BCUT2D eigenvalue weighted by Gasteiger charge is -2.21. The maximum atomic E-state index is 13.2. The van der Waals surface area contributed by atoms with Gasteiger partial charge in [0.25, 0.3) is 5.91 Å². The number of carbonyl (C=O) groups excluding carboxylic acids is 2. The number of pyridine rings is 1. The van der Waals surface area contributed by atoms with Crippen LogP contribution in [0.25, 0.3) is 0 Å². The number of likely N-dealkylation sites (tertiary alicyclic amines) is 1. The second-order valence-corrected chi connectivity index (χ2v) is 9.20. The van der Waals surface area contributed by atoms with Crippen LogP contribution in [0.5, 0.6) is 5.75 Å². The Kier molecular flexibility index (Phi) is 7.37. The summed E-state index contributed by atoms with van der Waals surface area (Å²) in [6, 6.07) is 9.14. The van der Waals surface area contributed by atoms with E-state index in [1.54, 1.807) is 40.0 Å². The lowest BCUT2D eigenvalue weighted by molar-refractivity contribution is -0.131. The summed E-state index contributed by atoms with van der Waals surface area (Å²) in [5.74, 6) is -0.429. The number of amides is 2. The Balaban J connectivity index is 1.29. The first-order valence-electron chi connectivity index (χ1n) is 12.0. The van der Waals surface area contributed by atoms with Gasteiger partial charge in [-0.2, -0.15) is 0 Å². The van der Waals surface area contributed by atoms with E-state index >= 15 is 0 Å². The Morgan fingerprint density at radius 1 is 1.24 bits per heavy atom. The molecule has 0 radical (unpaired) electrons. The number of rotatable bonds is 4. The molecule has 12 heteroatoms. The molecule has 0 spiro atoms.